The summed E-state index contributed by atoms with van der Waals surface area (Å²) in [6, 6.07) is 9.60. The average molecular weight is 255 g/mol. The minimum Gasteiger partial charge on any atom is -0.308 e. The van der Waals surface area contributed by atoms with Crippen molar-refractivity contribution >= 4 is 6.29 Å². The van der Waals surface area contributed by atoms with Gasteiger partial charge in [0.15, 0.2) is 6.29 Å². The molecule has 19 heavy (non-hydrogen) atoms. The summed E-state index contributed by atoms with van der Waals surface area (Å²) in [7, 11) is 0. The van der Waals surface area contributed by atoms with E-state index in [4.69, 9.17) is 0 Å². The lowest BCUT2D eigenvalue weighted by Gasteiger charge is -2.14. The predicted molar refractivity (Wildman–Crippen MR) is 76.7 cm³/mol. The number of nitrogens with zero attached hydrogens (tertiary/aromatic N) is 1. The molecule has 2 aromatic rings. The fraction of sp³-hybridized carbons (Fsp3) is 0.250. The van der Waals surface area contributed by atoms with Crippen LogP contribution in [0.4, 0.5) is 0 Å². The molecule has 1 aromatic carbocycles. The van der Waals surface area contributed by atoms with Gasteiger partial charge in [-0.3, -0.25) is 9.59 Å². The number of aromatic nitrogens is 1. The Labute approximate surface area is 112 Å². The van der Waals surface area contributed by atoms with Gasteiger partial charge in [0.2, 0.25) is 0 Å². The van der Waals surface area contributed by atoms with E-state index < -0.39 is 0 Å². The smallest absolute Gasteiger partial charge is 0.261 e. The maximum absolute atomic E-state index is 12.2. The van der Waals surface area contributed by atoms with Crippen molar-refractivity contribution in [3.8, 4) is 11.3 Å². The normalized spacial score (nSPS) is 10.5. The van der Waals surface area contributed by atoms with Crippen molar-refractivity contribution in [2.45, 2.75) is 27.3 Å². The van der Waals surface area contributed by atoms with Crippen LogP contribution in [-0.4, -0.2) is 10.9 Å². The molecule has 0 saturated carbocycles. The van der Waals surface area contributed by atoms with E-state index in [1.807, 2.05) is 39.0 Å². The maximum atomic E-state index is 12.2. The van der Waals surface area contributed by atoms with Gasteiger partial charge in [0.05, 0.1) is 11.3 Å². The average Bonchev–Trinajstić information content (AvgIpc) is 2.41. The molecule has 3 nitrogen and oxygen atoms in total. The third-order valence-corrected chi connectivity index (χ3v) is 3.32. The van der Waals surface area contributed by atoms with Crippen molar-refractivity contribution in [2.24, 2.45) is 0 Å². The molecule has 0 radical (unpaired) electrons. The highest BCUT2D eigenvalue weighted by molar-refractivity contribution is 5.76. The summed E-state index contributed by atoms with van der Waals surface area (Å²) in [4.78, 5) is 23.0. The fourth-order valence-corrected chi connectivity index (χ4v) is 2.25. The number of carbonyl (C=O) groups excluding carboxylic acids is 1. The summed E-state index contributed by atoms with van der Waals surface area (Å²) in [6.45, 7) is 6.50. The summed E-state index contributed by atoms with van der Waals surface area (Å²) in [5, 5.41) is 0. The van der Waals surface area contributed by atoms with Crippen LogP contribution in [-0.2, 0) is 6.54 Å². The summed E-state index contributed by atoms with van der Waals surface area (Å²) >= 11 is 0. The van der Waals surface area contributed by atoms with E-state index >= 15 is 0 Å². The van der Waals surface area contributed by atoms with Gasteiger partial charge in [0.25, 0.3) is 5.56 Å². The highest BCUT2D eigenvalue weighted by Crippen LogP contribution is 2.23. The number of pyridine rings is 1. The van der Waals surface area contributed by atoms with Gasteiger partial charge >= 0.3 is 0 Å². The molecule has 3 heteroatoms. The van der Waals surface area contributed by atoms with E-state index in [-0.39, 0.29) is 11.1 Å². The molecule has 0 aliphatic heterocycles. The zero-order valence-corrected chi connectivity index (χ0v) is 11.4. The van der Waals surface area contributed by atoms with E-state index in [1.54, 1.807) is 10.6 Å². The number of hydrogen-bond donors (Lipinski definition) is 0. The first-order valence-corrected chi connectivity index (χ1v) is 6.35. The Morgan fingerprint density at radius 1 is 1.16 bits per heavy atom. The molecule has 0 aliphatic rings. The van der Waals surface area contributed by atoms with Gasteiger partial charge in [-0.25, -0.2) is 0 Å². The maximum Gasteiger partial charge on any atom is 0.261 e. The molecule has 0 N–H and O–H groups in total. The van der Waals surface area contributed by atoms with Crippen LogP contribution in [0, 0.1) is 13.8 Å². The monoisotopic (exact) mass is 255 g/mol. The molecule has 1 aromatic heterocycles. The number of hydrogen-bond acceptors (Lipinski definition) is 2. The van der Waals surface area contributed by atoms with Crippen LogP contribution in [0.2, 0.25) is 0 Å². The van der Waals surface area contributed by atoms with Crippen LogP contribution in [0.3, 0.4) is 0 Å². The molecule has 0 saturated heterocycles. The molecule has 0 bridgehead atoms. The van der Waals surface area contributed by atoms with E-state index in [1.165, 1.54) is 0 Å². The highest BCUT2D eigenvalue weighted by Gasteiger charge is 2.10. The summed E-state index contributed by atoms with van der Waals surface area (Å²) in [5.41, 5.74) is 4.14. The van der Waals surface area contributed by atoms with Gasteiger partial charge in [0.1, 0.15) is 0 Å². The molecule has 1 heterocycles. The van der Waals surface area contributed by atoms with Crippen molar-refractivity contribution in [2.75, 3.05) is 0 Å². The Kier molecular flexibility index (Phi) is 3.65. The fourth-order valence-electron chi connectivity index (χ4n) is 2.25. The van der Waals surface area contributed by atoms with E-state index in [0.29, 0.717) is 12.8 Å². The SMILES string of the molecule is CCn1c(-c2cc(C)ccc2C)ccc(C=O)c1=O. The Morgan fingerprint density at radius 2 is 1.89 bits per heavy atom. The van der Waals surface area contributed by atoms with Gasteiger partial charge in [-0.1, -0.05) is 17.7 Å². The van der Waals surface area contributed by atoms with Gasteiger partial charge < -0.3 is 4.57 Å². The standard InChI is InChI=1S/C16H17NO2/c1-4-17-15(8-7-13(10-18)16(17)19)14-9-11(2)5-6-12(14)3/h5-10H,4H2,1-3H3. The molecule has 0 atom stereocenters. The van der Waals surface area contributed by atoms with Gasteiger partial charge in [-0.2, -0.15) is 0 Å². The number of carbonyl (C=O) groups is 1. The van der Waals surface area contributed by atoms with Crippen molar-refractivity contribution in [1.29, 1.82) is 0 Å². The zero-order valence-electron chi connectivity index (χ0n) is 11.4. The Bertz CT molecular complexity index is 684. The lowest BCUT2D eigenvalue weighted by Crippen LogP contribution is -2.24. The number of aldehydes is 1. The van der Waals surface area contributed by atoms with Crippen LogP contribution >= 0.6 is 0 Å². The second-order valence-electron chi connectivity index (χ2n) is 4.66. The van der Waals surface area contributed by atoms with Crippen molar-refractivity contribution in [1.82, 2.24) is 4.57 Å². The third kappa shape index (κ3) is 2.36. The zero-order chi connectivity index (χ0) is 14.0. The first-order valence-electron chi connectivity index (χ1n) is 6.35. The Morgan fingerprint density at radius 3 is 2.53 bits per heavy atom. The first-order chi connectivity index (χ1) is 9.08. The van der Waals surface area contributed by atoms with Gasteiger partial charge in [-0.05, 0) is 44.5 Å². The molecular weight excluding hydrogens is 238 g/mol. The van der Waals surface area contributed by atoms with Crippen molar-refractivity contribution in [3.05, 3.63) is 57.4 Å². The number of benzene rings is 1. The van der Waals surface area contributed by atoms with Gasteiger partial charge in [0, 0.05) is 12.1 Å². The lowest BCUT2D eigenvalue weighted by molar-refractivity contribution is 0.112. The lowest BCUT2D eigenvalue weighted by atomic mass is 10.0. The molecule has 0 aliphatic carbocycles. The topological polar surface area (TPSA) is 39.1 Å². The van der Waals surface area contributed by atoms with Crippen LogP contribution < -0.4 is 5.56 Å². The largest absolute Gasteiger partial charge is 0.308 e. The molecule has 0 spiro atoms. The second kappa shape index (κ2) is 5.22. The molecule has 98 valence electrons. The molecule has 2 rings (SSSR count). The van der Waals surface area contributed by atoms with Crippen molar-refractivity contribution in [3.63, 3.8) is 0 Å². The minimum absolute atomic E-state index is 0.205. The summed E-state index contributed by atoms with van der Waals surface area (Å²) < 4.78 is 1.64. The third-order valence-electron chi connectivity index (χ3n) is 3.32. The van der Waals surface area contributed by atoms with E-state index in [9.17, 15) is 9.59 Å². The van der Waals surface area contributed by atoms with Gasteiger partial charge in [-0.15, -0.1) is 0 Å². The van der Waals surface area contributed by atoms with Crippen molar-refractivity contribution < 1.29 is 4.79 Å². The minimum atomic E-state index is -0.226. The van der Waals surface area contributed by atoms with Crippen LogP contribution in [0.25, 0.3) is 11.3 Å². The summed E-state index contributed by atoms with van der Waals surface area (Å²) in [6.07, 6.45) is 0.612. The Hall–Kier alpha value is -2.16. The predicted octanol–water partition coefficient (Wildman–Crippen LogP) is 2.96. The van der Waals surface area contributed by atoms with E-state index in [0.717, 1.165) is 22.4 Å². The second-order valence-corrected chi connectivity index (χ2v) is 4.66. The van der Waals surface area contributed by atoms with E-state index in [2.05, 4.69) is 6.07 Å². The highest BCUT2D eigenvalue weighted by atomic mass is 16.1. The number of aryl methyl sites for hydroxylation is 2. The van der Waals surface area contributed by atoms with Crippen LogP contribution in [0.15, 0.2) is 35.1 Å². The quantitative estimate of drug-likeness (QED) is 0.791. The first kappa shape index (κ1) is 13.3. The molecule has 0 fully saturated rings. The molecular formula is C16H17NO2. The van der Waals surface area contributed by atoms with Crippen LogP contribution in [0.1, 0.15) is 28.4 Å². The Balaban J connectivity index is 2.76. The molecule has 0 amide bonds. The summed E-state index contributed by atoms with van der Waals surface area (Å²) in [5.74, 6) is 0. The number of rotatable bonds is 3. The molecule has 0 unspecified atom stereocenters. The van der Waals surface area contributed by atoms with Crippen LogP contribution in [0.5, 0.6) is 0 Å².